The van der Waals surface area contributed by atoms with Crippen molar-refractivity contribution >= 4 is 0 Å². The van der Waals surface area contributed by atoms with Crippen LogP contribution in [0.3, 0.4) is 0 Å². The predicted molar refractivity (Wildman–Crippen MR) is 55.1 cm³/mol. The van der Waals surface area contributed by atoms with E-state index in [1.165, 1.54) is 0 Å². The van der Waals surface area contributed by atoms with Crippen LogP contribution in [0.1, 0.15) is 34.1 Å². The molecule has 2 unspecified atom stereocenters. The largest absolute Gasteiger partial charge is 0.370 e. The quantitative estimate of drug-likeness (QED) is 0.725. The lowest BCUT2D eigenvalue weighted by Gasteiger charge is -2.38. The fourth-order valence-corrected chi connectivity index (χ4v) is 1.92. The number of rotatable bonds is 3. The van der Waals surface area contributed by atoms with Crippen LogP contribution in [-0.2, 0) is 0 Å². The summed E-state index contributed by atoms with van der Waals surface area (Å²) in [5, 5.41) is 10.3. The molecular formula is C11H21NO. The van der Waals surface area contributed by atoms with E-state index >= 15 is 0 Å². The summed E-state index contributed by atoms with van der Waals surface area (Å²) in [6, 6.07) is 0. The first-order valence-corrected chi connectivity index (χ1v) is 5.18. The van der Waals surface area contributed by atoms with Crippen LogP contribution in [-0.4, -0.2) is 22.3 Å². The smallest absolute Gasteiger partial charge is 0.143 e. The van der Waals surface area contributed by atoms with Gasteiger partial charge in [0.2, 0.25) is 0 Å². The van der Waals surface area contributed by atoms with Gasteiger partial charge in [0.25, 0.3) is 0 Å². The summed E-state index contributed by atoms with van der Waals surface area (Å²) in [5.41, 5.74) is -0.635. The van der Waals surface area contributed by atoms with Gasteiger partial charge in [0, 0.05) is 12.5 Å². The molecule has 0 aromatic rings. The van der Waals surface area contributed by atoms with Gasteiger partial charge in [-0.3, -0.25) is 0 Å². The highest BCUT2D eigenvalue weighted by Crippen LogP contribution is 2.33. The van der Waals surface area contributed by atoms with Crippen molar-refractivity contribution in [3.8, 4) is 0 Å². The molecule has 0 saturated heterocycles. The molecule has 0 aliphatic carbocycles. The lowest BCUT2D eigenvalue weighted by atomic mass is 9.96. The normalized spacial score (nSPS) is 33.4. The van der Waals surface area contributed by atoms with Gasteiger partial charge >= 0.3 is 0 Å². The summed E-state index contributed by atoms with van der Waals surface area (Å²) < 4.78 is 0. The lowest BCUT2D eigenvalue weighted by Crippen LogP contribution is -2.47. The lowest BCUT2D eigenvalue weighted by molar-refractivity contribution is -0.103. The molecule has 2 atom stereocenters. The molecule has 0 bridgehead atoms. The SMILES string of the molecule is CCC1(O)C(C)C=CN1CC(C)C. The molecule has 1 rings (SSSR count). The Hall–Kier alpha value is -0.500. The molecule has 0 saturated carbocycles. The summed E-state index contributed by atoms with van der Waals surface area (Å²) in [6.07, 6.45) is 4.91. The zero-order valence-electron chi connectivity index (χ0n) is 9.12. The van der Waals surface area contributed by atoms with Crippen LogP contribution in [0.25, 0.3) is 0 Å². The third kappa shape index (κ3) is 1.88. The van der Waals surface area contributed by atoms with Gasteiger partial charge in [-0.15, -0.1) is 0 Å². The predicted octanol–water partition coefficient (Wildman–Crippen LogP) is 2.21. The molecule has 1 N–H and O–H groups in total. The van der Waals surface area contributed by atoms with Crippen LogP contribution in [0, 0.1) is 11.8 Å². The molecule has 1 heterocycles. The maximum atomic E-state index is 10.3. The third-order valence-electron chi connectivity index (χ3n) is 2.86. The number of hydrogen-bond acceptors (Lipinski definition) is 2. The molecule has 2 heteroatoms. The van der Waals surface area contributed by atoms with Crippen LogP contribution >= 0.6 is 0 Å². The summed E-state index contributed by atoms with van der Waals surface area (Å²) in [5.74, 6) is 0.837. The van der Waals surface area contributed by atoms with Crippen LogP contribution in [0.15, 0.2) is 12.3 Å². The minimum Gasteiger partial charge on any atom is -0.370 e. The molecule has 0 amide bonds. The van der Waals surface area contributed by atoms with Gasteiger partial charge in [-0.25, -0.2) is 0 Å². The molecule has 0 aromatic heterocycles. The second-order valence-corrected chi connectivity index (χ2v) is 4.41. The molecule has 13 heavy (non-hydrogen) atoms. The standard InChI is InChI=1S/C11H21NO/c1-5-11(13)10(4)6-7-12(11)8-9(2)3/h6-7,9-10,13H,5,8H2,1-4H3. The topological polar surface area (TPSA) is 23.5 Å². The highest BCUT2D eigenvalue weighted by molar-refractivity contribution is 5.06. The molecule has 1 aliphatic rings. The Bertz CT molecular complexity index is 200. The fraction of sp³-hybridized carbons (Fsp3) is 0.818. The van der Waals surface area contributed by atoms with Crippen molar-refractivity contribution in [2.75, 3.05) is 6.54 Å². The summed E-state index contributed by atoms with van der Waals surface area (Å²) in [4.78, 5) is 2.07. The highest BCUT2D eigenvalue weighted by atomic mass is 16.3. The maximum Gasteiger partial charge on any atom is 0.143 e. The second kappa shape index (κ2) is 3.70. The Morgan fingerprint density at radius 1 is 1.54 bits per heavy atom. The zero-order chi connectivity index (χ0) is 10.1. The van der Waals surface area contributed by atoms with Gasteiger partial charge in [-0.05, 0) is 18.5 Å². The van der Waals surface area contributed by atoms with E-state index in [1.54, 1.807) is 0 Å². The van der Waals surface area contributed by atoms with Crippen molar-refractivity contribution in [3.63, 3.8) is 0 Å². The molecule has 76 valence electrons. The van der Waals surface area contributed by atoms with Crippen molar-refractivity contribution < 1.29 is 5.11 Å². The average Bonchev–Trinajstić information content (AvgIpc) is 2.33. The van der Waals surface area contributed by atoms with E-state index in [1.807, 2.05) is 13.1 Å². The van der Waals surface area contributed by atoms with Crippen molar-refractivity contribution in [2.45, 2.75) is 39.8 Å². The van der Waals surface area contributed by atoms with Crippen LogP contribution in [0.5, 0.6) is 0 Å². The van der Waals surface area contributed by atoms with Crippen molar-refractivity contribution in [1.29, 1.82) is 0 Å². The monoisotopic (exact) mass is 183 g/mol. The zero-order valence-corrected chi connectivity index (χ0v) is 9.12. The number of aliphatic hydroxyl groups is 1. The second-order valence-electron chi connectivity index (χ2n) is 4.41. The van der Waals surface area contributed by atoms with E-state index in [0.717, 1.165) is 13.0 Å². The van der Waals surface area contributed by atoms with E-state index < -0.39 is 5.72 Å². The van der Waals surface area contributed by atoms with Crippen LogP contribution < -0.4 is 0 Å². The first-order valence-electron chi connectivity index (χ1n) is 5.18. The van der Waals surface area contributed by atoms with Crippen LogP contribution in [0.2, 0.25) is 0 Å². The van der Waals surface area contributed by atoms with Gasteiger partial charge in [-0.2, -0.15) is 0 Å². The van der Waals surface area contributed by atoms with Crippen molar-refractivity contribution in [1.82, 2.24) is 4.90 Å². The minimum absolute atomic E-state index is 0.247. The van der Waals surface area contributed by atoms with Gasteiger partial charge in [0.1, 0.15) is 5.72 Å². The molecule has 0 aromatic carbocycles. The van der Waals surface area contributed by atoms with Crippen molar-refractivity contribution in [3.05, 3.63) is 12.3 Å². The van der Waals surface area contributed by atoms with Crippen LogP contribution in [0.4, 0.5) is 0 Å². The molecule has 0 radical (unpaired) electrons. The average molecular weight is 183 g/mol. The van der Waals surface area contributed by atoms with E-state index in [2.05, 4.69) is 31.7 Å². The number of nitrogens with zero attached hydrogens (tertiary/aromatic N) is 1. The Balaban J connectivity index is 2.69. The summed E-state index contributed by atoms with van der Waals surface area (Å²) in [7, 11) is 0. The van der Waals surface area contributed by atoms with E-state index in [-0.39, 0.29) is 5.92 Å². The third-order valence-corrected chi connectivity index (χ3v) is 2.86. The Labute approximate surface area is 81.2 Å². The first-order chi connectivity index (χ1) is 6.00. The number of hydrogen-bond donors (Lipinski definition) is 1. The maximum absolute atomic E-state index is 10.3. The molecular weight excluding hydrogens is 162 g/mol. The van der Waals surface area contributed by atoms with Gasteiger partial charge in [0.05, 0.1) is 0 Å². The fourth-order valence-electron chi connectivity index (χ4n) is 1.92. The van der Waals surface area contributed by atoms with Gasteiger partial charge in [-0.1, -0.05) is 33.8 Å². The molecule has 1 aliphatic heterocycles. The van der Waals surface area contributed by atoms with E-state index in [9.17, 15) is 5.11 Å². The van der Waals surface area contributed by atoms with Gasteiger partial charge in [0.15, 0.2) is 0 Å². The summed E-state index contributed by atoms with van der Waals surface area (Å²) in [6.45, 7) is 9.39. The molecule has 0 fully saturated rings. The summed E-state index contributed by atoms with van der Waals surface area (Å²) >= 11 is 0. The Morgan fingerprint density at radius 3 is 2.62 bits per heavy atom. The van der Waals surface area contributed by atoms with E-state index in [4.69, 9.17) is 0 Å². The van der Waals surface area contributed by atoms with Gasteiger partial charge < -0.3 is 10.0 Å². The molecule has 2 nitrogen and oxygen atoms in total. The van der Waals surface area contributed by atoms with Crippen molar-refractivity contribution in [2.24, 2.45) is 11.8 Å². The minimum atomic E-state index is -0.635. The molecule has 0 spiro atoms. The first kappa shape index (κ1) is 10.6. The van der Waals surface area contributed by atoms with E-state index in [0.29, 0.717) is 5.92 Å². The Morgan fingerprint density at radius 2 is 2.15 bits per heavy atom. The Kier molecular flexibility index (Phi) is 3.01. The highest BCUT2D eigenvalue weighted by Gasteiger charge is 2.39.